The summed E-state index contributed by atoms with van der Waals surface area (Å²) in [6.07, 6.45) is 0.115. The molecule has 0 saturated heterocycles. The van der Waals surface area contributed by atoms with Gasteiger partial charge in [0.15, 0.2) is 0 Å². The lowest BCUT2D eigenvalue weighted by molar-refractivity contribution is -0.138. The molecule has 3 amide bonds. The number of amides is 3. The van der Waals surface area contributed by atoms with Gasteiger partial charge < -0.3 is 20.6 Å². The van der Waals surface area contributed by atoms with Gasteiger partial charge in [-0.25, -0.2) is 4.79 Å². The molecule has 148 valence electrons. The van der Waals surface area contributed by atoms with Crippen LogP contribution in [0, 0.1) is 0 Å². The number of carboxylic acid groups (broad SMARTS) is 1. The molecule has 7 heteroatoms. The van der Waals surface area contributed by atoms with Gasteiger partial charge >= 0.3 is 12.0 Å². The van der Waals surface area contributed by atoms with Crippen molar-refractivity contribution < 1.29 is 19.5 Å². The van der Waals surface area contributed by atoms with Crippen molar-refractivity contribution in [3.8, 4) is 0 Å². The summed E-state index contributed by atoms with van der Waals surface area (Å²) in [5.41, 5.74) is 2.16. The van der Waals surface area contributed by atoms with E-state index in [0.29, 0.717) is 17.8 Å². The number of nitrogens with zero attached hydrogens (tertiary/aromatic N) is 1. The molecule has 7 nitrogen and oxygen atoms in total. The minimum atomic E-state index is -0.925. The SMILES string of the molecule is CC(C(=O)O)c1cccc(NC(=O)CCNC(=O)N(C)Cc2ccccc2)c1. The molecule has 0 aliphatic heterocycles. The van der Waals surface area contributed by atoms with Gasteiger partial charge in [0, 0.05) is 32.2 Å². The second-order valence-electron chi connectivity index (χ2n) is 6.56. The van der Waals surface area contributed by atoms with Crippen molar-refractivity contribution >= 4 is 23.6 Å². The number of aliphatic carboxylic acids is 1. The molecular formula is C21H25N3O4. The summed E-state index contributed by atoms with van der Waals surface area (Å²) < 4.78 is 0. The Morgan fingerprint density at radius 1 is 1.07 bits per heavy atom. The first-order valence-electron chi connectivity index (χ1n) is 9.02. The van der Waals surface area contributed by atoms with E-state index in [1.165, 1.54) is 0 Å². The lowest BCUT2D eigenvalue weighted by atomic mass is 10.0. The van der Waals surface area contributed by atoms with Crippen molar-refractivity contribution in [2.24, 2.45) is 0 Å². The van der Waals surface area contributed by atoms with Crippen LogP contribution in [0.4, 0.5) is 10.5 Å². The third kappa shape index (κ3) is 6.42. The Morgan fingerprint density at radius 2 is 1.79 bits per heavy atom. The van der Waals surface area contributed by atoms with Gasteiger partial charge in [0.2, 0.25) is 5.91 Å². The normalized spacial score (nSPS) is 11.4. The van der Waals surface area contributed by atoms with Crippen molar-refractivity contribution in [2.45, 2.75) is 25.8 Å². The quantitative estimate of drug-likeness (QED) is 0.652. The van der Waals surface area contributed by atoms with Gasteiger partial charge in [-0.3, -0.25) is 9.59 Å². The van der Waals surface area contributed by atoms with Crippen LogP contribution < -0.4 is 10.6 Å². The number of hydrogen-bond donors (Lipinski definition) is 3. The van der Waals surface area contributed by atoms with Crippen molar-refractivity contribution in [3.05, 3.63) is 65.7 Å². The summed E-state index contributed by atoms with van der Waals surface area (Å²) in [6, 6.07) is 16.1. The average molecular weight is 383 g/mol. The second kappa shape index (κ2) is 10.1. The molecule has 0 fully saturated rings. The fraction of sp³-hybridized carbons (Fsp3) is 0.286. The van der Waals surface area contributed by atoms with Gasteiger partial charge in [-0.15, -0.1) is 0 Å². The highest BCUT2D eigenvalue weighted by Crippen LogP contribution is 2.19. The zero-order chi connectivity index (χ0) is 20.5. The van der Waals surface area contributed by atoms with Crippen LogP contribution in [0.25, 0.3) is 0 Å². The van der Waals surface area contributed by atoms with E-state index in [0.717, 1.165) is 5.56 Å². The van der Waals surface area contributed by atoms with Crippen LogP contribution in [0.5, 0.6) is 0 Å². The number of carbonyl (C=O) groups excluding carboxylic acids is 2. The summed E-state index contributed by atoms with van der Waals surface area (Å²) in [5, 5.41) is 14.5. The van der Waals surface area contributed by atoms with E-state index >= 15 is 0 Å². The highest BCUT2D eigenvalue weighted by molar-refractivity contribution is 5.91. The molecule has 0 bridgehead atoms. The minimum absolute atomic E-state index is 0.115. The number of urea groups is 1. The maximum Gasteiger partial charge on any atom is 0.317 e. The van der Waals surface area contributed by atoms with Gasteiger partial charge in [0.05, 0.1) is 5.92 Å². The van der Waals surface area contributed by atoms with E-state index in [4.69, 9.17) is 5.11 Å². The zero-order valence-corrected chi connectivity index (χ0v) is 16.0. The van der Waals surface area contributed by atoms with Gasteiger partial charge in [-0.05, 0) is 30.2 Å². The van der Waals surface area contributed by atoms with E-state index in [1.807, 2.05) is 30.3 Å². The summed E-state index contributed by atoms with van der Waals surface area (Å²) in [4.78, 5) is 36.8. The molecule has 0 aromatic heterocycles. The predicted octanol–water partition coefficient (Wildman–Crippen LogP) is 3.04. The molecule has 1 atom stereocenters. The number of nitrogens with one attached hydrogen (secondary N) is 2. The maximum atomic E-state index is 12.1. The Bertz CT molecular complexity index is 823. The monoisotopic (exact) mass is 383 g/mol. The molecule has 2 aromatic rings. The second-order valence-corrected chi connectivity index (χ2v) is 6.56. The van der Waals surface area contributed by atoms with Crippen LogP contribution in [0.2, 0.25) is 0 Å². The molecule has 0 aliphatic carbocycles. The van der Waals surface area contributed by atoms with Crippen molar-refractivity contribution in [1.29, 1.82) is 0 Å². The standard InChI is InChI=1S/C21H25N3O4/c1-15(20(26)27)17-9-6-10-18(13-17)23-19(25)11-12-22-21(28)24(2)14-16-7-4-3-5-8-16/h3-10,13,15H,11-12,14H2,1-2H3,(H,22,28)(H,23,25)(H,26,27). The highest BCUT2D eigenvalue weighted by atomic mass is 16.4. The number of anilines is 1. The van der Waals surface area contributed by atoms with E-state index in [9.17, 15) is 14.4 Å². The summed E-state index contributed by atoms with van der Waals surface area (Å²) in [5.74, 6) is -1.84. The fourth-order valence-corrected chi connectivity index (χ4v) is 2.60. The first kappa shape index (κ1) is 21.0. The largest absolute Gasteiger partial charge is 0.481 e. The van der Waals surface area contributed by atoms with Crippen LogP contribution in [0.15, 0.2) is 54.6 Å². The number of carboxylic acids is 1. The molecule has 3 N–H and O–H groups in total. The summed E-state index contributed by atoms with van der Waals surface area (Å²) in [7, 11) is 1.69. The van der Waals surface area contributed by atoms with Gasteiger partial charge in [-0.1, -0.05) is 42.5 Å². The first-order chi connectivity index (χ1) is 13.4. The lowest BCUT2D eigenvalue weighted by Gasteiger charge is -2.18. The van der Waals surface area contributed by atoms with Crippen LogP contribution >= 0.6 is 0 Å². The molecule has 0 radical (unpaired) electrons. The zero-order valence-electron chi connectivity index (χ0n) is 16.0. The molecule has 0 aliphatic rings. The topological polar surface area (TPSA) is 98.7 Å². The average Bonchev–Trinajstić information content (AvgIpc) is 2.68. The Kier molecular flexibility index (Phi) is 7.56. The maximum absolute atomic E-state index is 12.1. The molecular weight excluding hydrogens is 358 g/mol. The Hall–Kier alpha value is -3.35. The fourth-order valence-electron chi connectivity index (χ4n) is 2.60. The van der Waals surface area contributed by atoms with Crippen LogP contribution in [-0.4, -0.2) is 41.5 Å². The Balaban J connectivity index is 1.77. The molecule has 2 rings (SSSR count). The van der Waals surface area contributed by atoms with Crippen molar-refractivity contribution in [2.75, 3.05) is 18.9 Å². The predicted molar refractivity (Wildman–Crippen MR) is 107 cm³/mol. The molecule has 0 spiro atoms. The summed E-state index contributed by atoms with van der Waals surface area (Å²) in [6.45, 7) is 2.27. The first-order valence-corrected chi connectivity index (χ1v) is 9.02. The van der Waals surface area contributed by atoms with Crippen molar-refractivity contribution in [3.63, 3.8) is 0 Å². The van der Waals surface area contributed by atoms with E-state index in [-0.39, 0.29) is 24.9 Å². The minimum Gasteiger partial charge on any atom is -0.481 e. The smallest absolute Gasteiger partial charge is 0.317 e. The number of benzene rings is 2. The Morgan fingerprint density at radius 3 is 2.46 bits per heavy atom. The van der Waals surface area contributed by atoms with Gasteiger partial charge in [0.25, 0.3) is 0 Å². The van der Waals surface area contributed by atoms with Gasteiger partial charge in [0.1, 0.15) is 0 Å². The highest BCUT2D eigenvalue weighted by Gasteiger charge is 2.14. The molecule has 0 heterocycles. The van der Waals surface area contributed by atoms with E-state index in [1.54, 1.807) is 43.1 Å². The van der Waals surface area contributed by atoms with E-state index < -0.39 is 11.9 Å². The summed E-state index contributed by atoms with van der Waals surface area (Å²) >= 11 is 0. The molecule has 28 heavy (non-hydrogen) atoms. The van der Waals surface area contributed by atoms with Crippen LogP contribution in [0.1, 0.15) is 30.4 Å². The number of carbonyl (C=O) groups is 3. The number of rotatable bonds is 8. The molecule has 1 unspecified atom stereocenters. The third-order valence-corrected chi connectivity index (χ3v) is 4.28. The van der Waals surface area contributed by atoms with E-state index in [2.05, 4.69) is 10.6 Å². The van der Waals surface area contributed by atoms with Gasteiger partial charge in [-0.2, -0.15) is 0 Å². The molecule has 0 saturated carbocycles. The van der Waals surface area contributed by atoms with Crippen molar-refractivity contribution in [1.82, 2.24) is 10.2 Å². The molecule has 2 aromatic carbocycles. The number of hydrogen-bond acceptors (Lipinski definition) is 3. The van der Waals surface area contributed by atoms with Crippen LogP contribution in [-0.2, 0) is 16.1 Å². The van der Waals surface area contributed by atoms with Crippen LogP contribution in [0.3, 0.4) is 0 Å². The lowest BCUT2D eigenvalue weighted by Crippen LogP contribution is -2.38. The third-order valence-electron chi connectivity index (χ3n) is 4.28. The Labute approximate surface area is 164 Å².